The first kappa shape index (κ1) is 26.7. The average Bonchev–Trinajstić information content (AvgIpc) is 3.43. The smallest absolute Gasteiger partial charge is 0.343 e. The number of aliphatic imine (C=N–C) groups is 1. The molecular formula is C27H35N10O4+. The molecule has 0 bridgehead atoms. The van der Waals surface area contributed by atoms with Crippen molar-refractivity contribution in [1.82, 2.24) is 30.8 Å². The molecule has 1 saturated heterocycles. The minimum absolute atomic E-state index is 0.0387. The highest BCUT2D eigenvalue weighted by atomic mass is 16.5. The van der Waals surface area contributed by atoms with Crippen molar-refractivity contribution in [2.24, 2.45) is 16.5 Å². The summed E-state index contributed by atoms with van der Waals surface area (Å²) in [5.74, 6) is 0.149. The average molecular weight is 564 g/mol. The van der Waals surface area contributed by atoms with Crippen molar-refractivity contribution in [2.45, 2.75) is 62.5 Å². The number of hydrogen-bond donors (Lipinski definition) is 7. The van der Waals surface area contributed by atoms with E-state index in [-0.39, 0.29) is 42.2 Å². The van der Waals surface area contributed by atoms with E-state index in [9.17, 15) is 14.7 Å². The third kappa shape index (κ3) is 4.29. The number of amides is 2. The van der Waals surface area contributed by atoms with Crippen LogP contribution in [-0.4, -0.2) is 93.3 Å². The van der Waals surface area contributed by atoms with Crippen molar-refractivity contribution in [3.63, 3.8) is 0 Å². The fourth-order valence-electron chi connectivity index (χ4n) is 6.32. The lowest BCUT2D eigenvalue weighted by molar-refractivity contribution is -0.513. The third-order valence-electron chi connectivity index (χ3n) is 8.49. The highest BCUT2D eigenvalue weighted by Crippen LogP contribution is 2.41. The van der Waals surface area contributed by atoms with Gasteiger partial charge < -0.3 is 31.1 Å². The number of carbonyl (C=O) groups excluding carboxylic acids is 2. The van der Waals surface area contributed by atoms with Gasteiger partial charge in [-0.25, -0.2) is 20.3 Å². The fourth-order valence-corrected chi connectivity index (χ4v) is 6.32. The van der Waals surface area contributed by atoms with Gasteiger partial charge in [0.2, 0.25) is 11.5 Å². The van der Waals surface area contributed by atoms with Crippen LogP contribution in [0.4, 0.5) is 0 Å². The molecule has 4 aliphatic rings. The number of carbonyl (C=O) groups is 2. The summed E-state index contributed by atoms with van der Waals surface area (Å²) in [6, 6.07) is 5.34. The SMILES string of the molecule is Cc1ccnc(C(=O)NC[C@@H]2N=C(N)N3CC(NC(=O)c4cccc5c4OCCC5(C)C)[C@@H](O)[C@@]34NC(N)=[NH+][C@@H]24)n1. The van der Waals surface area contributed by atoms with E-state index in [2.05, 4.69) is 49.8 Å². The molecular weight excluding hydrogens is 528 g/mol. The maximum absolute atomic E-state index is 13.6. The van der Waals surface area contributed by atoms with E-state index in [1.807, 2.05) is 12.1 Å². The molecule has 1 spiro atoms. The molecule has 1 aromatic heterocycles. The number of guanidine groups is 2. The Hall–Kier alpha value is -4.46. The van der Waals surface area contributed by atoms with E-state index in [4.69, 9.17) is 16.2 Å². The minimum Gasteiger partial charge on any atom is -0.492 e. The molecule has 0 radical (unpaired) electrons. The zero-order valence-corrected chi connectivity index (χ0v) is 23.1. The number of nitrogens with two attached hydrogens (primary N) is 2. The fraction of sp³-hybridized carbons (Fsp3) is 0.481. The summed E-state index contributed by atoms with van der Waals surface area (Å²) in [5, 5.41) is 20.7. The summed E-state index contributed by atoms with van der Waals surface area (Å²) < 4.78 is 5.94. The van der Waals surface area contributed by atoms with Crippen LogP contribution < -0.4 is 37.1 Å². The number of ether oxygens (including phenoxy) is 1. The normalized spacial score (nSPS) is 29.1. The minimum atomic E-state index is -1.21. The lowest BCUT2D eigenvalue weighted by atomic mass is 9.79. The van der Waals surface area contributed by atoms with Crippen molar-refractivity contribution >= 4 is 23.7 Å². The summed E-state index contributed by atoms with van der Waals surface area (Å²) in [6.45, 7) is 6.79. The number of benzene rings is 1. The lowest BCUT2D eigenvalue weighted by Crippen LogP contribution is -2.88. The number of nitrogens with one attached hydrogen (secondary N) is 4. The number of fused-ring (bicyclic) bond motifs is 1. The summed E-state index contributed by atoms with van der Waals surface area (Å²) >= 11 is 0. The van der Waals surface area contributed by atoms with Crippen molar-refractivity contribution in [1.29, 1.82) is 0 Å². The number of aliphatic hydroxyl groups is 1. The molecule has 9 N–H and O–H groups in total. The molecule has 2 aromatic rings. The van der Waals surface area contributed by atoms with Crippen molar-refractivity contribution in [3.05, 3.63) is 53.1 Å². The van der Waals surface area contributed by atoms with Crippen LogP contribution in [0.2, 0.25) is 0 Å². The highest BCUT2D eigenvalue weighted by Gasteiger charge is 2.68. The molecule has 2 amide bonds. The molecule has 5 atom stereocenters. The molecule has 41 heavy (non-hydrogen) atoms. The van der Waals surface area contributed by atoms with E-state index in [1.54, 1.807) is 24.0 Å². The Balaban J connectivity index is 1.23. The first-order chi connectivity index (χ1) is 19.5. The molecule has 1 aromatic carbocycles. The molecule has 0 saturated carbocycles. The molecule has 216 valence electrons. The highest BCUT2D eigenvalue weighted by molar-refractivity contribution is 5.98. The van der Waals surface area contributed by atoms with Gasteiger partial charge in [0.15, 0.2) is 12.0 Å². The molecule has 14 heteroatoms. The Morgan fingerprint density at radius 2 is 2.07 bits per heavy atom. The topological polar surface area (TPSA) is 207 Å². The monoisotopic (exact) mass is 563 g/mol. The number of aromatic nitrogens is 2. The van der Waals surface area contributed by atoms with E-state index in [0.717, 1.165) is 12.0 Å². The number of hydrogen-bond acceptors (Lipinski definition) is 11. The molecule has 5 heterocycles. The molecule has 4 aliphatic heterocycles. The predicted octanol–water partition coefficient (Wildman–Crippen LogP) is -3.19. The van der Waals surface area contributed by atoms with Gasteiger partial charge in [-0.1, -0.05) is 26.0 Å². The predicted molar refractivity (Wildman–Crippen MR) is 148 cm³/mol. The zero-order valence-electron chi connectivity index (χ0n) is 23.1. The third-order valence-corrected chi connectivity index (χ3v) is 8.49. The van der Waals surface area contributed by atoms with Gasteiger partial charge >= 0.3 is 5.96 Å². The maximum atomic E-state index is 13.6. The van der Waals surface area contributed by atoms with Crippen LogP contribution in [0.15, 0.2) is 35.5 Å². The maximum Gasteiger partial charge on any atom is 0.343 e. The van der Waals surface area contributed by atoms with E-state index in [1.165, 1.54) is 6.20 Å². The van der Waals surface area contributed by atoms with Crippen molar-refractivity contribution < 1.29 is 24.4 Å². The van der Waals surface area contributed by atoms with Crippen LogP contribution in [0.1, 0.15) is 52.5 Å². The Morgan fingerprint density at radius 1 is 1.27 bits per heavy atom. The number of rotatable bonds is 5. The summed E-state index contributed by atoms with van der Waals surface area (Å²) in [7, 11) is 0. The summed E-state index contributed by atoms with van der Waals surface area (Å²) in [4.78, 5) is 43.9. The van der Waals surface area contributed by atoms with Crippen molar-refractivity contribution in [2.75, 3.05) is 19.7 Å². The number of aliphatic hydroxyl groups excluding tert-OH is 1. The van der Waals surface area contributed by atoms with E-state index in [0.29, 0.717) is 23.6 Å². The number of nitrogens with zero attached hydrogens (tertiary/aromatic N) is 4. The number of aryl methyl sites for hydroxylation is 1. The van der Waals surface area contributed by atoms with Crippen LogP contribution in [0.3, 0.4) is 0 Å². The van der Waals surface area contributed by atoms with Gasteiger partial charge in [0.05, 0.1) is 18.2 Å². The molecule has 1 fully saturated rings. The number of para-hydroxylation sites is 1. The zero-order chi connectivity index (χ0) is 29.1. The van der Waals surface area contributed by atoms with Gasteiger partial charge in [0, 0.05) is 30.5 Å². The largest absolute Gasteiger partial charge is 0.492 e. The van der Waals surface area contributed by atoms with Crippen LogP contribution in [0, 0.1) is 6.92 Å². The Morgan fingerprint density at radius 3 is 2.85 bits per heavy atom. The van der Waals surface area contributed by atoms with Gasteiger partial charge in [-0.2, -0.15) is 0 Å². The van der Waals surface area contributed by atoms with E-state index >= 15 is 0 Å². The Kier molecular flexibility index (Phi) is 6.25. The summed E-state index contributed by atoms with van der Waals surface area (Å²) in [5.41, 5.74) is 13.3. The van der Waals surface area contributed by atoms with Gasteiger partial charge in [-0.15, -0.1) is 0 Å². The van der Waals surface area contributed by atoms with Gasteiger partial charge in [0.1, 0.15) is 17.9 Å². The van der Waals surface area contributed by atoms with Crippen LogP contribution in [0.25, 0.3) is 0 Å². The second-order valence-electron chi connectivity index (χ2n) is 11.6. The van der Waals surface area contributed by atoms with Crippen molar-refractivity contribution in [3.8, 4) is 5.75 Å². The van der Waals surface area contributed by atoms with Gasteiger partial charge in [0.25, 0.3) is 11.8 Å². The first-order valence-corrected chi connectivity index (χ1v) is 13.6. The molecule has 0 aliphatic carbocycles. The second kappa shape index (κ2) is 9.58. The summed E-state index contributed by atoms with van der Waals surface area (Å²) in [6.07, 6.45) is 1.22. The first-order valence-electron chi connectivity index (χ1n) is 13.6. The molecule has 1 unspecified atom stereocenters. The van der Waals surface area contributed by atoms with Crippen LogP contribution in [-0.2, 0) is 5.41 Å². The quantitative estimate of drug-likeness (QED) is 0.194. The van der Waals surface area contributed by atoms with Gasteiger partial charge in [-0.3, -0.25) is 20.3 Å². The van der Waals surface area contributed by atoms with Gasteiger partial charge in [-0.05, 0) is 30.9 Å². The van der Waals surface area contributed by atoms with Crippen LogP contribution in [0.5, 0.6) is 5.75 Å². The Bertz CT molecular complexity index is 1480. The van der Waals surface area contributed by atoms with Crippen LogP contribution >= 0.6 is 0 Å². The second-order valence-corrected chi connectivity index (χ2v) is 11.6. The lowest BCUT2D eigenvalue weighted by Gasteiger charge is -2.43. The molecule has 14 nitrogen and oxygen atoms in total. The standard InChI is InChI=1S/C27H34N10O4/c1-13-7-9-30-21(32-13)23(40)31-11-16-19-27(36-24(28)35-19)20(38)17(12-37(27)25(29)34-16)33-22(39)14-5-4-6-15-18(14)41-10-8-26(15,2)3/h4-7,9,16-17,19-20,38H,8,10-12H2,1-3H3,(H2,29,34)(H,31,40)(H,33,39)(H3,28,35,36)/p+1/t16-,17?,19-,20+,27-/m0/s1. The Labute approximate surface area is 236 Å². The van der Waals surface area contributed by atoms with E-state index < -0.39 is 35.8 Å². The molecule has 6 rings (SSSR count).